The normalized spacial score (nSPS) is 11.3. The number of hydrogen-bond donors (Lipinski definition) is 1. The Morgan fingerprint density at radius 3 is 2.21 bits per heavy atom. The molecule has 0 spiro atoms. The van der Waals surface area contributed by atoms with Crippen molar-refractivity contribution in [1.29, 1.82) is 0 Å². The number of rotatable bonds is 4. The van der Waals surface area contributed by atoms with Gasteiger partial charge >= 0.3 is 0 Å². The van der Waals surface area contributed by atoms with Gasteiger partial charge < -0.3 is 5.73 Å². The number of carbonyl (C=O) groups excluding carboxylic acids is 1. The van der Waals surface area contributed by atoms with Gasteiger partial charge in [-0.3, -0.25) is 4.79 Å². The molecule has 0 aromatic heterocycles. The van der Waals surface area contributed by atoms with E-state index in [1.54, 1.807) is 12.1 Å². The summed E-state index contributed by atoms with van der Waals surface area (Å²) in [5.74, 6) is 0.350. The van der Waals surface area contributed by atoms with E-state index >= 15 is 0 Å². The average molecular weight is 270 g/mol. The van der Waals surface area contributed by atoms with Gasteiger partial charge in [-0.15, -0.1) is 0 Å². The predicted molar refractivity (Wildman–Crippen MR) is 81.0 cm³/mol. The number of aliphatic imine (C=N–C) groups is 1. The summed E-state index contributed by atoms with van der Waals surface area (Å²) in [4.78, 5) is 16.1. The fourth-order valence-corrected chi connectivity index (χ4v) is 2.12. The number of nitrogens with two attached hydrogens (primary N) is 1. The van der Waals surface area contributed by atoms with Crippen molar-refractivity contribution in [3.05, 3.63) is 66.2 Å². The van der Waals surface area contributed by atoms with Crippen LogP contribution in [0.1, 0.15) is 10.4 Å². The molecule has 0 saturated heterocycles. The van der Waals surface area contributed by atoms with Crippen molar-refractivity contribution in [1.82, 2.24) is 0 Å². The Kier molecular flexibility index (Phi) is 4.75. The third-order valence-corrected chi connectivity index (χ3v) is 3.24. The first kappa shape index (κ1) is 13.4. The van der Waals surface area contributed by atoms with Gasteiger partial charge in [0.15, 0.2) is 11.0 Å². The molecule has 0 aliphatic rings. The van der Waals surface area contributed by atoms with Crippen LogP contribution in [0.4, 0.5) is 5.69 Å². The highest BCUT2D eigenvalue weighted by Crippen LogP contribution is 2.13. The van der Waals surface area contributed by atoms with Crippen molar-refractivity contribution >= 4 is 28.4 Å². The molecule has 0 radical (unpaired) electrons. The number of Topliss-reactive ketones (excluding diaryl/α,β-unsaturated/α-hetero) is 1. The molecule has 2 N–H and O–H groups in total. The highest BCUT2D eigenvalue weighted by atomic mass is 32.2. The van der Waals surface area contributed by atoms with Crippen molar-refractivity contribution in [2.45, 2.75) is 0 Å². The molecule has 96 valence electrons. The van der Waals surface area contributed by atoms with Crippen LogP contribution in [0.2, 0.25) is 0 Å². The largest absolute Gasteiger partial charge is 0.378 e. The SMILES string of the molecule is NC(=Nc1ccccc1)SCC(=O)c1ccccc1. The number of ketones is 1. The van der Waals surface area contributed by atoms with Crippen molar-refractivity contribution < 1.29 is 4.79 Å². The van der Waals surface area contributed by atoms with Gasteiger partial charge in [0.25, 0.3) is 0 Å². The Labute approximate surface area is 116 Å². The molecule has 0 aliphatic carbocycles. The third kappa shape index (κ3) is 4.26. The van der Waals surface area contributed by atoms with Gasteiger partial charge in [-0.2, -0.15) is 0 Å². The number of amidine groups is 1. The van der Waals surface area contributed by atoms with Gasteiger partial charge in [0.2, 0.25) is 0 Å². The molecular weight excluding hydrogens is 256 g/mol. The minimum absolute atomic E-state index is 0.0526. The molecule has 2 rings (SSSR count). The van der Waals surface area contributed by atoms with Gasteiger partial charge in [-0.1, -0.05) is 60.3 Å². The van der Waals surface area contributed by atoms with E-state index in [2.05, 4.69) is 4.99 Å². The lowest BCUT2D eigenvalue weighted by atomic mass is 10.2. The second-order valence-corrected chi connectivity index (χ2v) is 4.86. The van der Waals surface area contributed by atoms with Crippen LogP contribution in [-0.2, 0) is 0 Å². The number of thioether (sulfide) groups is 1. The van der Waals surface area contributed by atoms with Gasteiger partial charge in [0.1, 0.15) is 0 Å². The van der Waals surface area contributed by atoms with E-state index in [4.69, 9.17) is 5.73 Å². The summed E-state index contributed by atoms with van der Waals surface area (Å²) < 4.78 is 0. The van der Waals surface area contributed by atoms with Crippen LogP contribution in [0.25, 0.3) is 0 Å². The number of hydrogen-bond acceptors (Lipinski definition) is 3. The van der Waals surface area contributed by atoms with E-state index in [9.17, 15) is 4.79 Å². The van der Waals surface area contributed by atoms with Crippen LogP contribution in [0.3, 0.4) is 0 Å². The predicted octanol–water partition coefficient (Wildman–Crippen LogP) is 3.25. The zero-order valence-corrected chi connectivity index (χ0v) is 11.1. The fourth-order valence-electron chi connectivity index (χ4n) is 1.51. The maximum Gasteiger partial charge on any atom is 0.173 e. The van der Waals surface area contributed by atoms with Crippen molar-refractivity contribution in [3.8, 4) is 0 Å². The van der Waals surface area contributed by atoms with Crippen molar-refractivity contribution in [3.63, 3.8) is 0 Å². The summed E-state index contributed by atoms with van der Waals surface area (Å²) in [7, 11) is 0. The Morgan fingerprint density at radius 1 is 1.00 bits per heavy atom. The molecule has 0 bridgehead atoms. The average Bonchev–Trinajstić information content (AvgIpc) is 2.47. The second kappa shape index (κ2) is 6.75. The smallest absolute Gasteiger partial charge is 0.173 e. The van der Waals surface area contributed by atoms with Crippen LogP contribution in [0.15, 0.2) is 65.7 Å². The van der Waals surface area contributed by atoms with Gasteiger partial charge in [0.05, 0.1) is 11.4 Å². The van der Waals surface area contributed by atoms with Gasteiger partial charge in [-0.05, 0) is 12.1 Å². The Bertz CT molecular complexity index is 567. The number of benzene rings is 2. The molecule has 2 aromatic carbocycles. The summed E-state index contributed by atoms with van der Waals surface area (Å²) in [6.45, 7) is 0. The second-order valence-electron chi connectivity index (χ2n) is 3.86. The van der Waals surface area contributed by atoms with Crippen LogP contribution in [0, 0.1) is 0 Å². The molecule has 4 heteroatoms. The van der Waals surface area contributed by atoms with Crippen molar-refractivity contribution in [2.75, 3.05) is 5.75 Å². The first-order valence-electron chi connectivity index (χ1n) is 5.86. The molecular formula is C15H14N2OS. The van der Waals surface area contributed by atoms with E-state index in [1.807, 2.05) is 48.5 Å². The molecule has 0 atom stereocenters. The summed E-state index contributed by atoms with van der Waals surface area (Å²) in [5.41, 5.74) is 7.28. The zero-order chi connectivity index (χ0) is 13.5. The van der Waals surface area contributed by atoms with Crippen LogP contribution >= 0.6 is 11.8 Å². The van der Waals surface area contributed by atoms with E-state index < -0.39 is 0 Å². The third-order valence-electron chi connectivity index (χ3n) is 2.44. The summed E-state index contributed by atoms with van der Waals surface area (Å²) in [5, 5.41) is 0.399. The highest BCUT2D eigenvalue weighted by Gasteiger charge is 2.06. The first-order valence-corrected chi connectivity index (χ1v) is 6.84. The number of carbonyl (C=O) groups is 1. The molecule has 3 nitrogen and oxygen atoms in total. The maximum atomic E-state index is 11.9. The molecule has 0 heterocycles. The molecule has 19 heavy (non-hydrogen) atoms. The van der Waals surface area contributed by atoms with E-state index in [0.29, 0.717) is 16.5 Å². The lowest BCUT2D eigenvalue weighted by molar-refractivity contribution is 0.102. The van der Waals surface area contributed by atoms with Gasteiger partial charge in [0, 0.05) is 5.56 Å². The Hall–Kier alpha value is -2.07. The molecule has 0 amide bonds. The quantitative estimate of drug-likeness (QED) is 0.527. The molecule has 0 fully saturated rings. The summed E-state index contributed by atoms with van der Waals surface area (Å²) in [6, 6.07) is 18.6. The minimum atomic E-state index is 0.0526. The lowest BCUT2D eigenvalue weighted by Gasteiger charge is -2.01. The first-order chi connectivity index (χ1) is 9.25. The van der Waals surface area contributed by atoms with Crippen LogP contribution in [-0.4, -0.2) is 16.7 Å². The van der Waals surface area contributed by atoms with E-state index in [0.717, 1.165) is 5.69 Å². The van der Waals surface area contributed by atoms with Gasteiger partial charge in [-0.25, -0.2) is 4.99 Å². The molecule has 2 aromatic rings. The minimum Gasteiger partial charge on any atom is -0.378 e. The molecule has 0 unspecified atom stereocenters. The number of para-hydroxylation sites is 1. The van der Waals surface area contributed by atoms with Crippen molar-refractivity contribution in [2.24, 2.45) is 10.7 Å². The Morgan fingerprint density at radius 2 is 1.58 bits per heavy atom. The van der Waals surface area contributed by atoms with E-state index in [-0.39, 0.29) is 5.78 Å². The molecule has 0 saturated carbocycles. The highest BCUT2D eigenvalue weighted by molar-refractivity contribution is 8.14. The number of nitrogens with zero attached hydrogens (tertiary/aromatic N) is 1. The Balaban J connectivity index is 1.92. The fraction of sp³-hybridized carbons (Fsp3) is 0.0667. The molecule has 0 aliphatic heterocycles. The van der Waals surface area contributed by atoms with E-state index in [1.165, 1.54) is 11.8 Å². The zero-order valence-electron chi connectivity index (χ0n) is 10.3. The van der Waals surface area contributed by atoms with Crippen LogP contribution in [0.5, 0.6) is 0 Å². The standard InChI is InChI=1S/C15H14N2OS/c16-15(17-13-9-5-2-6-10-13)19-11-14(18)12-7-3-1-4-8-12/h1-10H,11H2,(H2,16,17). The lowest BCUT2D eigenvalue weighted by Crippen LogP contribution is -2.11. The van der Waals surface area contributed by atoms with Crippen LogP contribution < -0.4 is 5.73 Å². The maximum absolute atomic E-state index is 11.9. The monoisotopic (exact) mass is 270 g/mol. The summed E-state index contributed by atoms with van der Waals surface area (Å²) >= 11 is 1.25. The topological polar surface area (TPSA) is 55.4 Å². The summed E-state index contributed by atoms with van der Waals surface area (Å²) in [6.07, 6.45) is 0.